The molecule has 1 heterocycles. The van der Waals surface area contributed by atoms with E-state index in [-0.39, 0.29) is 15.5 Å². The number of fused-ring (bicyclic) bond motifs is 1. The zero-order chi connectivity index (χ0) is 18.9. The molecule has 1 aliphatic heterocycles. The van der Waals surface area contributed by atoms with E-state index in [1.54, 1.807) is 25.1 Å². The van der Waals surface area contributed by atoms with Crippen LogP contribution in [0.3, 0.4) is 0 Å². The first kappa shape index (κ1) is 18.0. The highest BCUT2D eigenvalue weighted by molar-refractivity contribution is 7.90. The van der Waals surface area contributed by atoms with E-state index in [2.05, 4.69) is 9.71 Å². The normalized spacial score (nSPS) is 15.3. The van der Waals surface area contributed by atoms with Gasteiger partial charge in [0.25, 0.3) is 20.0 Å². The number of sulfonamides is 2. The van der Waals surface area contributed by atoms with Crippen molar-refractivity contribution in [1.82, 2.24) is 10.3 Å². The second-order valence-corrected chi connectivity index (χ2v) is 8.66. The van der Waals surface area contributed by atoms with Crippen molar-refractivity contribution in [2.45, 2.75) is 16.7 Å². The number of anilines is 1. The first-order valence-electron chi connectivity index (χ1n) is 7.29. The van der Waals surface area contributed by atoms with Crippen LogP contribution in [-0.2, 0) is 24.8 Å². The standard InChI is InChI=1S/C15H14N4O5S2/c1-10-6-8-11(9-7-10)25(21,22)19-17-15(20)14-16-12-4-2-3-5-13(12)26(23,24)18-14/h2-9,19H,1H3,(H,16,18)(H,17,20). The van der Waals surface area contributed by atoms with Gasteiger partial charge in [-0.3, -0.25) is 10.2 Å². The van der Waals surface area contributed by atoms with Gasteiger partial charge in [0.05, 0.1) is 10.6 Å². The lowest BCUT2D eigenvalue weighted by Gasteiger charge is -2.17. The molecule has 0 atom stereocenters. The summed E-state index contributed by atoms with van der Waals surface area (Å²) in [6.07, 6.45) is 0. The van der Waals surface area contributed by atoms with E-state index >= 15 is 0 Å². The average Bonchev–Trinajstić information content (AvgIpc) is 2.59. The van der Waals surface area contributed by atoms with Gasteiger partial charge >= 0.3 is 5.91 Å². The van der Waals surface area contributed by atoms with Crippen LogP contribution in [0.2, 0.25) is 0 Å². The second-order valence-electron chi connectivity index (χ2n) is 5.41. The molecule has 11 heteroatoms. The van der Waals surface area contributed by atoms with Gasteiger partial charge < -0.3 is 5.32 Å². The van der Waals surface area contributed by atoms with Gasteiger partial charge in [0, 0.05) is 0 Å². The van der Waals surface area contributed by atoms with E-state index in [9.17, 15) is 21.6 Å². The Morgan fingerprint density at radius 2 is 1.73 bits per heavy atom. The maximum absolute atomic E-state index is 12.2. The number of nitrogens with zero attached hydrogens (tertiary/aromatic N) is 1. The van der Waals surface area contributed by atoms with Crippen molar-refractivity contribution in [2.75, 3.05) is 5.32 Å². The number of amides is 1. The van der Waals surface area contributed by atoms with Crippen LogP contribution in [0.5, 0.6) is 0 Å². The molecule has 0 bridgehead atoms. The Labute approximate surface area is 150 Å². The molecule has 0 spiro atoms. The predicted molar refractivity (Wildman–Crippen MR) is 94.3 cm³/mol. The lowest BCUT2D eigenvalue weighted by atomic mass is 10.2. The van der Waals surface area contributed by atoms with Crippen molar-refractivity contribution in [3.63, 3.8) is 0 Å². The monoisotopic (exact) mass is 394 g/mol. The van der Waals surface area contributed by atoms with Gasteiger partial charge in [-0.05, 0) is 31.2 Å². The topological polar surface area (TPSA) is 134 Å². The summed E-state index contributed by atoms with van der Waals surface area (Å²) in [5.74, 6) is -1.59. The Kier molecular flexibility index (Phi) is 4.52. The highest BCUT2D eigenvalue weighted by atomic mass is 32.2. The largest absolute Gasteiger partial charge is 0.334 e. The molecule has 0 aliphatic carbocycles. The van der Waals surface area contributed by atoms with Gasteiger partial charge in [-0.2, -0.15) is 8.42 Å². The minimum absolute atomic E-state index is 0.0556. The van der Waals surface area contributed by atoms with Crippen molar-refractivity contribution in [2.24, 2.45) is 4.40 Å². The molecule has 1 amide bonds. The molecule has 0 saturated heterocycles. The number of carbonyl (C=O) groups excluding carboxylic acids is 1. The fourth-order valence-corrected chi connectivity index (χ4v) is 4.12. The van der Waals surface area contributed by atoms with E-state index in [4.69, 9.17) is 0 Å². The minimum Gasteiger partial charge on any atom is -0.334 e. The highest BCUT2D eigenvalue weighted by Gasteiger charge is 2.28. The SMILES string of the molecule is Cc1ccc(S(=O)(=O)NNC(=O)C2=NS(=O)(=O)c3ccccc3N2)cc1. The summed E-state index contributed by atoms with van der Waals surface area (Å²) in [6, 6.07) is 11.9. The Bertz CT molecular complexity index is 1110. The van der Waals surface area contributed by atoms with Gasteiger partial charge in [0.1, 0.15) is 4.90 Å². The van der Waals surface area contributed by atoms with Crippen LogP contribution in [0.4, 0.5) is 5.69 Å². The molecule has 1 aliphatic rings. The molecule has 3 N–H and O–H groups in total. The van der Waals surface area contributed by atoms with Gasteiger partial charge in [0.15, 0.2) is 0 Å². The number of hydrogen-bond acceptors (Lipinski definition) is 6. The maximum atomic E-state index is 12.2. The molecular formula is C15H14N4O5S2. The van der Waals surface area contributed by atoms with E-state index < -0.39 is 31.8 Å². The lowest BCUT2D eigenvalue weighted by molar-refractivity contribution is -0.115. The average molecular weight is 394 g/mol. The third kappa shape index (κ3) is 3.59. The molecule has 0 radical (unpaired) electrons. The molecule has 26 heavy (non-hydrogen) atoms. The first-order chi connectivity index (χ1) is 12.2. The van der Waals surface area contributed by atoms with Crippen molar-refractivity contribution < 1.29 is 21.6 Å². The molecule has 2 aromatic carbocycles. The van der Waals surface area contributed by atoms with Crippen LogP contribution in [-0.4, -0.2) is 28.6 Å². The summed E-state index contributed by atoms with van der Waals surface area (Å²) in [4.78, 5) is 13.9. The lowest BCUT2D eigenvalue weighted by Crippen LogP contribution is -2.47. The smallest absolute Gasteiger partial charge is 0.302 e. The summed E-state index contributed by atoms with van der Waals surface area (Å²) in [5, 5.41) is 2.56. The number of aryl methyl sites for hydroxylation is 1. The third-order valence-electron chi connectivity index (χ3n) is 3.47. The number of benzene rings is 2. The van der Waals surface area contributed by atoms with Crippen LogP contribution >= 0.6 is 0 Å². The third-order valence-corrected chi connectivity index (χ3v) is 6.07. The van der Waals surface area contributed by atoms with Crippen molar-refractivity contribution in [1.29, 1.82) is 0 Å². The Balaban J connectivity index is 1.77. The first-order valence-corrected chi connectivity index (χ1v) is 10.2. The maximum Gasteiger partial charge on any atom is 0.302 e. The van der Waals surface area contributed by atoms with E-state index in [0.29, 0.717) is 0 Å². The molecule has 0 saturated carbocycles. The quantitative estimate of drug-likeness (QED) is 0.647. The van der Waals surface area contributed by atoms with Crippen molar-refractivity contribution in [3.8, 4) is 0 Å². The Morgan fingerprint density at radius 1 is 1.08 bits per heavy atom. The predicted octanol–water partition coefficient (Wildman–Crippen LogP) is 0.517. The van der Waals surface area contributed by atoms with Crippen LogP contribution in [0.1, 0.15) is 5.56 Å². The number of amidine groups is 1. The van der Waals surface area contributed by atoms with Crippen LogP contribution in [0.15, 0.2) is 62.7 Å². The van der Waals surface area contributed by atoms with E-state index in [0.717, 1.165) is 5.56 Å². The van der Waals surface area contributed by atoms with Crippen LogP contribution in [0, 0.1) is 6.92 Å². The summed E-state index contributed by atoms with van der Waals surface area (Å²) in [5.41, 5.74) is 2.99. The summed E-state index contributed by atoms with van der Waals surface area (Å²) >= 11 is 0. The molecule has 0 aromatic heterocycles. The molecule has 3 rings (SSSR count). The molecule has 136 valence electrons. The molecule has 2 aromatic rings. The molecule has 0 unspecified atom stereocenters. The minimum atomic E-state index is -4.06. The molecular weight excluding hydrogens is 380 g/mol. The fraction of sp³-hybridized carbons (Fsp3) is 0.0667. The summed E-state index contributed by atoms with van der Waals surface area (Å²) in [6.45, 7) is 1.80. The fourth-order valence-electron chi connectivity index (χ4n) is 2.16. The summed E-state index contributed by atoms with van der Waals surface area (Å²) < 4.78 is 51.9. The van der Waals surface area contributed by atoms with Gasteiger partial charge in [-0.25, -0.2) is 8.42 Å². The van der Waals surface area contributed by atoms with Crippen LogP contribution in [0.25, 0.3) is 0 Å². The highest BCUT2D eigenvalue weighted by Crippen LogP contribution is 2.26. The number of para-hydroxylation sites is 1. The zero-order valence-electron chi connectivity index (χ0n) is 13.4. The Morgan fingerprint density at radius 3 is 2.42 bits per heavy atom. The molecule has 9 nitrogen and oxygen atoms in total. The number of nitrogens with one attached hydrogen (secondary N) is 3. The Hall–Kier alpha value is -2.76. The van der Waals surface area contributed by atoms with Gasteiger partial charge in [-0.15, -0.1) is 9.23 Å². The number of hydrogen-bond donors (Lipinski definition) is 3. The van der Waals surface area contributed by atoms with Crippen molar-refractivity contribution in [3.05, 3.63) is 54.1 Å². The van der Waals surface area contributed by atoms with Crippen molar-refractivity contribution >= 4 is 37.5 Å². The van der Waals surface area contributed by atoms with E-state index in [1.165, 1.54) is 30.3 Å². The zero-order valence-corrected chi connectivity index (χ0v) is 15.1. The van der Waals surface area contributed by atoms with E-state index in [1.807, 2.05) is 10.3 Å². The number of carbonyl (C=O) groups is 1. The second kappa shape index (κ2) is 6.52. The summed E-state index contributed by atoms with van der Waals surface area (Å²) in [7, 11) is -8.07. The molecule has 0 fully saturated rings. The van der Waals surface area contributed by atoms with Gasteiger partial charge in [0.2, 0.25) is 5.84 Å². The number of rotatable bonds is 4. The van der Waals surface area contributed by atoms with Gasteiger partial charge in [-0.1, -0.05) is 29.8 Å². The van der Waals surface area contributed by atoms with Crippen LogP contribution < -0.4 is 15.6 Å². The number of hydrazine groups is 1.